The van der Waals surface area contributed by atoms with E-state index in [-0.39, 0.29) is 19.7 Å². The van der Waals surface area contributed by atoms with Gasteiger partial charge in [0.25, 0.3) is 5.91 Å². The lowest BCUT2D eigenvalue weighted by Crippen LogP contribution is -2.55. The summed E-state index contributed by atoms with van der Waals surface area (Å²) in [5, 5.41) is 18.6. The van der Waals surface area contributed by atoms with Gasteiger partial charge in [-0.05, 0) is 19.8 Å². The second-order valence-corrected chi connectivity index (χ2v) is 5.28. The van der Waals surface area contributed by atoms with Crippen LogP contribution < -0.4 is 0 Å². The molecule has 3 unspecified atom stereocenters. The largest absolute Gasteiger partial charge is 0.466 e. The normalized spacial score (nSPS) is 29.6. The number of hydrogen-bond acceptors (Lipinski definition) is 5. The highest BCUT2D eigenvalue weighted by Gasteiger charge is 2.44. The first-order valence-corrected chi connectivity index (χ1v) is 7.08. The summed E-state index contributed by atoms with van der Waals surface area (Å²) in [6.45, 7) is 2.53. The quantitative estimate of drug-likeness (QED) is 0.681. The SMILES string of the molecule is CCOC(=O)C1CN(C(=O)O)CCC1N1CCC(O)C1=O. The highest BCUT2D eigenvalue weighted by Crippen LogP contribution is 2.27. The van der Waals surface area contributed by atoms with Crippen molar-refractivity contribution >= 4 is 18.0 Å². The number of rotatable bonds is 3. The molecule has 0 saturated carbocycles. The van der Waals surface area contributed by atoms with Crippen LogP contribution in [0.25, 0.3) is 0 Å². The fourth-order valence-electron chi connectivity index (χ4n) is 2.98. The maximum absolute atomic E-state index is 12.1. The number of piperidine rings is 1. The van der Waals surface area contributed by atoms with Gasteiger partial charge in [0.2, 0.25) is 0 Å². The van der Waals surface area contributed by atoms with Crippen LogP contribution in [0.2, 0.25) is 0 Å². The molecule has 2 saturated heterocycles. The molecule has 0 radical (unpaired) electrons. The van der Waals surface area contributed by atoms with Gasteiger partial charge < -0.3 is 24.7 Å². The minimum absolute atomic E-state index is 0.0126. The van der Waals surface area contributed by atoms with Crippen LogP contribution in [0.4, 0.5) is 4.79 Å². The van der Waals surface area contributed by atoms with Crippen molar-refractivity contribution in [2.75, 3.05) is 26.2 Å². The molecule has 2 rings (SSSR count). The highest BCUT2D eigenvalue weighted by molar-refractivity contribution is 5.84. The molecular formula is C13H20N2O6. The average Bonchev–Trinajstić information content (AvgIpc) is 2.78. The first kappa shape index (κ1) is 15.6. The Balaban J connectivity index is 2.16. The molecule has 0 aromatic rings. The maximum Gasteiger partial charge on any atom is 0.407 e. The summed E-state index contributed by atoms with van der Waals surface area (Å²) in [6.07, 6.45) is -1.40. The Kier molecular flexibility index (Phi) is 4.66. The Labute approximate surface area is 122 Å². The minimum Gasteiger partial charge on any atom is -0.466 e. The minimum atomic E-state index is -1.09. The van der Waals surface area contributed by atoms with Crippen molar-refractivity contribution in [3.63, 3.8) is 0 Å². The Bertz CT molecular complexity index is 440. The number of aliphatic hydroxyl groups excluding tert-OH is 1. The van der Waals surface area contributed by atoms with Gasteiger partial charge in [-0.25, -0.2) is 4.79 Å². The zero-order chi connectivity index (χ0) is 15.6. The third-order valence-electron chi connectivity index (χ3n) is 4.05. The summed E-state index contributed by atoms with van der Waals surface area (Å²) in [5.74, 6) is -1.59. The van der Waals surface area contributed by atoms with E-state index < -0.39 is 36.0 Å². The monoisotopic (exact) mass is 300 g/mol. The van der Waals surface area contributed by atoms with Crippen LogP contribution in [-0.4, -0.2) is 76.4 Å². The summed E-state index contributed by atoms with van der Waals surface area (Å²) in [5.41, 5.74) is 0. The number of likely N-dealkylation sites (tertiary alicyclic amines) is 2. The Morgan fingerprint density at radius 3 is 2.57 bits per heavy atom. The van der Waals surface area contributed by atoms with Gasteiger partial charge >= 0.3 is 12.1 Å². The van der Waals surface area contributed by atoms with Gasteiger partial charge in [0.05, 0.1) is 12.5 Å². The molecule has 2 fully saturated rings. The number of carbonyl (C=O) groups excluding carboxylic acids is 2. The molecule has 118 valence electrons. The van der Waals surface area contributed by atoms with E-state index in [2.05, 4.69) is 0 Å². The Morgan fingerprint density at radius 1 is 1.33 bits per heavy atom. The third kappa shape index (κ3) is 3.10. The molecule has 0 aromatic carbocycles. The van der Waals surface area contributed by atoms with E-state index in [1.807, 2.05) is 0 Å². The topological polar surface area (TPSA) is 107 Å². The number of esters is 1. The van der Waals surface area contributed by atoms with Crippen molar-refractivity contribution in [2.24, 2.45) is 5.92 Å². The smallest absolute Gasteiger partial charge is 0.407 e. The molecule has 8 heteroatoms. The number of carbonyl (C=O) groups is 3. The van der Waals surface area contributed by atoms with Crippen LogP contribution in [0.15, 0.2) is 0 Å². The van der Waals surface area contributed by atoms with Crippen LogP contribution in [0.3, 0.4) is 0 Å². The van der Waals surface area contributed by atoms with Gasteiger partial charge in [-0.3, -0.25) is 9.59 Å². The molecule has 2 heterocycles. The molecule has 2 aliphatic rings. The van der Waals surface area contributed by atoms with E-state index in [0.29, 0.717) is 19.4 Å². The highest BCUT2D eigenvalue weighted by atomic mass is 16.5. The van der Waals surface area contributed by atoms with E-state index in [0.717, 1.165) is 4.90 Å². The number of hydrogen-bond donors (Lipinski definition) is 2. The zero-order valence-electron chi connectivity index (χ0n) is 11.9. The zero-order valence-corrected chi connectivity index (χ0v) is 11.9. The number of carboxylic acid groups (broad SMARTS) is 1. The predicted molar refractivity (Wildman–Crippen MR) is 70.5 cm³/mol. The molecular weight excluding hydrogens is 280 g/mol. The van der Waals surface area contributed by atoms with E-state index >= 15 is 0 Å². The predicted octanol–water partition coefficient (Wildman–Crippen LogP) is -0.489. The van der Waals surface area contributed by atoms with Crippen molar-refractivity contribution in [1.29, 1.82) is 0 Å². The van der Waals surface area contributed by atoms with E-state index in [1.165, 1.54) is 4.90 Å². The molecule has 21 heavy (non-hydrogen) atoms. The average molecular weight is 300 g/mol. The molecule has 0 aliphatic carbocycles. The molecule has 8 nitrogen and oxygen atoms in total. The van der Waals surface area contributed by atoms with Crippen molar-refractivity contribution in [3.8, 4) is 0 Å². The van der Waals surface area contributed by atoms with Crippen molar-refractivity contribution in [1.82, 2.24) is 9.80 Å². The Hall–Kier alpha value is -1.83. The van der Waals surface area contributed by atoms with Crippen LogP contribution >= 0.6 is 0 Å². The fourth-order valence-corrected chi connectivity index (χ4v) is 2.98. The number of nitrogens with zero attached hydrogens (tertiary/aromatic N) is 2. The first-order chi connectivity index (χ1) is 9.95. The lowest BCUT2D eigenvalue weighted by Gasteiger charge is -2.40. The second kappa shape index (κ2) is 6.30. The van der Waals surface area contributed by atoms with E-state index in [1.54, 1.807) is 6.92 Å². The van der Waals surface area contributed by atoms with E-state index in [9.17, 15) is 19.5 Å². The number of aliphatic hydroxyl groups is 1. The van der Waals surface area contributed by atoms with Crippen LogP contribution in [0.5, 0.6) is 0 Å². The summed E-state index contributed by atoms with van der Waals surface area (Å²) < 4.78 is 5.00. The lowest BCUT2D eigenvalue weighted by molar-refractivity contribution is -0.154. The van der Waals surface area contributed by atoms with Crippen molar-refractivity contribution in [2.45, 2.75) is 31.9 Å². The van der Waals surface area contributed by atoms with Crippen LogP contribution in [0, 0.1) is 5.92 Å². The summed E-state index contributed by atoms with van der Waals surface area (Å²) in [4.78, 5) is 37.8. The third-order valence-corrected chi connectivity index (χ3v) is 4.05. The molecule has 3 atom stereocenters. The lowest BCUT2D eigenvalue weighted by atomic mass is 9.91. The molecule has 0 bridgehead atoms. The summed E-state index contributed by atoms with van der Waals surface area (Å²) in [7, 11) is 0. The van der Waals surface area contributed by atoms with Crippen molar-refractivity contribution < 1.29 is 29.3 Å². The summed E-state index contributed by atoms with van der Waals surface area (Å²) >= 11 is 0. The molecule has 2 aliphatic heterocycles. The summed E-state index contributed by atoms with van der Waals surface area (Å²) in [6, 6.07) is -0.413. The molecule has 0 spiro atoms. The first-order valence-electron chi connectivity index (χ1n) is 7.08. The second-order valence-electron chi connectivity index (χ2n) is 5.28. The van der Waals surface area contributed by atoms with Gasteiger partial charge in [0.15, 0.2) is 0 Å². The van der Waals surface area contributed by atoms with Gasteiger partial charge in [0, 0.05) is 25.7 Å². The van der Waals surface area contributed by atoms with Gasteiger partial charge in [-0.15, -0.1) is 0 Å². The molecule has 0 aromatic heterocycles. The molecule has 2 amide bonds. The maximum atomic E-state index is 12.1. The Morgan fingerprint density at radius 2 is 2.05 bits per heavy atom. The van der Waals surface area contributed by atoms with Gasteiger partial charge in [-0.1, -0.05) is 0 Å². The van der Waals surface area contributed by atoms with E-state index in [4.69, 9.17) is 9.84 Å². The molecule has 2 N–H and O–H groups in total. The fraction of sp³-hybridized carbons (Fsp3) is 0.769. The van der Waals surface area contributed by atoms with Crippen LogP contribution in [0.1, 0.15) is 19.8 Å². The van der Waals surface area contributed by atoms with Gasteiger partial charge in [-0.2, -0.15) is 0 Å². The van der Waals surface area contributed by atoms with Gasteiger partial charge in [0.1, 0.15) is 6.10 Å². The van der Waals surface area contributed by atoms with Crippen LogP contribution in [-0.2, 0) is 14.3 Å². The number of ether oxygens (including phenoxy) is 1. The number of amides is 2. The van der Waals surface area contributed by atoms with Crippen molar-refractivity contribution in [3.05, 3.63) is 0 Å². The standard InChI is InChI=1S/C13H20N2O6/c1-2-21-12(18)8-7-14(13(19)20)5-3-9(8)15-6-4-10(16)11(15)17/h8-10,16H,2-7H2,1H3,(H,19,20).